The van der Waals surface area contributed by atoms with Crippen LogP contribution in [0.25, 0.3) is 0 Å². The van der Waals surface area contributed by atoms with Crippen molar-refractivity contribution in [3.63, 3.8) is 0 Å². The highest BCUT2D eigenvalue weighted by Crippen LogP contribution is 2.14. The molecule has 7 nitrogen and oxygen atoms in total. The SMILES string of the molecule is O=C(O)c1ccc(S(=O)(=O)Nc2ccc[nH]c2=O)cc1. The fourth-order valence-corrected chi connectivity index (χ4v) is 2.54. The third kappa shape index (κ3) is 2.86. The molecule has 0 fully saturated rings. The Morgan fingerprint density at radius 1 is 1.15 bits per heavy atom. The van der Waals surface area contributed by atoms with Gasteiger partial charge in [0.15, 0.2) is 0 Å². The first-order valence-corrected chi connectivity index (χ1v) is 6.92. The number of aromatic nitrogens is 1. The monoisotopic (exact) mass is 294 g/mol. The molecule has 0 aliphatic carbocycles. The highest BCUT2D eigenvalue weighted by Gasteiger charge is 2.16. The van der Waals surface area contributed by atoms with E-state index < -0.39 is 21.6 Å². The molecule has 0 bridgehead atoms. The van der Waals surface area contributed by atoms with Gasteiger partial charge in [0.25, 0.3) is 15.6 Å². The number of sulfonamides is 1. The first kappa shape index (κ1) is 13.8. The molecule has 0 aliphatic rings. The number of aromatic amines is 1. The van der Waals surface area contributed by atoms with Gasteiger partial charge in [-0.3, -0.25) is 9.52 Å². The highest BCUT2D eigenvalue weighted by molar-refractivity contribution is 7.92. The number of pyridine rings is 1. The van der Waals surface area contributed by atoms with Gasteiger partial charge in [-0.25, -0.2) is 13.2 Å². The third-order valence-corrected chi connectivity index (χ3v) is 3.86. The molecule has 0 aliphatic heterocycles. The summed E-state index contributed by atoms with van der Waals surface area (Å²) in [5.74, 6) is -1.15. The van der Waals surface area contributed by atoms with Crippen molar-refractivity contribution in [3.8, 4) is 0 Å². The van der Waals surface area contributed by atoms with Crippen LogP contribution in [-0.4, -0.2) is 24.5 Å². The Hall–Kier alpha value is -2.61. The Kier molecular flexibility index (Phi) is 3.57. The zero-order valence-corrected chi connectivity index (χ0v) is 10.8. The standard InChI is InChI=1S/C12H10N2O5S/c15-11-10(2-1-7-13-11)14-20(18,19)9-5-3-8(4-6-9)12(16)17/h1-7,14H,(H,13,15)(H,16,17). The predicted octanol–water partition coefficient (Wildman–Crippen LogP) is 0.874. The summed E-state index contributed by atoms with van der Waals surface area (Å²) in [6.07, 6.45) is 1.38. The zero-order valence-electron chi connectivity index (χ0n) is 10.0. The van der Waals surface area contributed by atoms with Gasteiger partial charge in [0.1, 0.15) is 5.69 Å². The van der Waals surface area contributed by atoms with E-state index in [4.69, 9.17) is 5.11 Å². The van der Waals surface area contributed by atoms with Crippen LogP contribution in [0.3, 0.4) is 0 Å². The van der Waals surface area contributed by atoms with Crippen LogP contribution in [0.15, 0.2) is 52.3 Å². The van der Waals surface area contributed by atoms with Crippen molar-refractivity contribution >= 4 is 21.7 Å². The first-order chi connectivity index (χ1) is 9.40. The molecule has 0 unspecified atom stereocenters. The number of anilines is 1. The van der Waals surface area contributed by atoms with E-state index in [9.17, 15) is 18.0 Å². The number of carboxylic acid groups (broad SMARTS) is 1. The number of rotatable bonds is 4. The van der Waals surface area contributed by atoms with Crippen molar-refractivity contribution in [2.75, 3.05) is 4.72 Å². The summed E-state index contributed by atoms with van der Waals surface area (Å²) in [5.41, 5.74) is -0.713. The number of carboxylic acids is 1. The highest BCUT2D eigenvalue weighted by atomic mass is 32.2. The molecule has 0 atom stereocenters. The molecule has 2 aromatic rings. The maximum atomic E-state index is 12.0. The van der Waals surface area contributed by atoms with Crippen LogP contribution < -0.4 is 10.3 Å². The minimum absolute atomic E-state index is 0.0264. The molecule has 0 saturated carbocycles. The lowest BCUT2D eigenvalue weighted by molar-refractivity contribution is 0.0697. The van der Waals surface area contributed by atoms with Crippen LogP contribution in [0.4, 0.5) is 5.69 Å². The van der Waals surface area contributed by atoms with Crippen LogP contribution in [0.5, 0.6) is 0 Å². The van der Waals surface area contributed by atoms with E-state index in [1.54, 1.807) is 0 Å². The summed E-state index contributed by atoms with van der Waals surface area (Å²) in [4.78, 5) is 24.3. The number of benzene rings is 1. The molecule has 0 amide bonds. The molecule has 1 aromatic carbocycles. The zero-order chi connectivity index (χ0) is 14.8. The number of hydrogen-bond acceptors (Lipinski definition) is 4. The summed E-state index contributed by atoms with van der Waals surface area (Å²) >= 11 is 0. The lowest BCUT2D eigenvalue weighted by Gasteiger charge is -2.07. The Morgan fingerprint density at radius 2 is 1.80 bits per heavy atom. The minimum atomic E-state index is -3.94. The lowest BCUT2D eigenvalue weighted by Crippen LogP contribution is -2.19. The van der Waals surface area contributed by atoms with Crippen LogP contribution in [0, 0.1) is 0 Å². The average molecular weight is 294 g/mol. The number of aromatic carboxylic acids is 1. The first-order valence-electron chi connectivity index (χ1n) is 5.44. The molecule has 0 saturated heterocycles. The van der Waals surface area contributed by atoms with Gasteiger partial charge in [0.2, 0.25) is 0 Å². The third-order valence-electron chi connectivity index (χ3n) is 2.47. The van der Waals surface area contributed by atoms with Gasteiger partial charge in [-0.1, -0.05) is 0 Å². The van der Waals surface area contributed by atoms with Crippen LogP contribution >= 0.6 is 0 Å². The van der Waals surface area contributed by atoms with E-state index in [0.29, 0.717) is 0 Å². The maximum Gasteiger partial charge on any atom is 0.335 e. The predicted molar refractivity (Wildman–Crippen MR) is 71.3 cm³/mol. The fraction of sp³-hybridized carbons (Fsp3) is 0. The van der Waals surface area contributed by atoms with Crippen molar-refractivity contribution in [1.82, 2.24) is 4.98 Å². The van der Waals surface area contributed by atoms with E-state index in [0.717, 1.165) is 12.1 Å². The van der Waals surface area contributed by atoms with Gasteiger partial charge in [0, 0.05) is 6.20 Å². The number of nitrogens with one attached hydrogen (secondary N) is 2. The van der Waals surface area contributed by atoms with Crippen molar-refractivity contribution in [1.29, 1.82) is 0 Å². The molecule has 1 heterocycles. The maximum absolute atomic E-state index is 12.0. The van der Waals surface area contributed by atoms with Crippen molar-refractivity contribution in [2.24, 2.45) is 0 Å². The van der Waals surface area contributed by atoms with Crippen molar-refractivity contribution in [3.05, 3.63) is 58.5 Å². The Balaban J connectivity index is 2.34. The minimum Gasteiger partial charge on any atom is -0.478 e. The topological polar surface area (TPSA) is 116 Å². The van der Waals surface area contributed by atoms with Crippen LogP contribution in [0.1, 0.15) is 10.4 Å². The summed E-state index contributed by atoms with van der Waals surface area (Å²) < 4.78 is 26.2. The molecule has 0 radical (unpaired) electrons. The molecular formula is C12H10N2O5S. The van der Waals surface area contributed by atoms with Gasteiger partial charge in [-0.15, -0.1) is 0 Å². The van der Waals surface area contributed by atoms with Gasteiger partial charge in [-0.05, 0) is 36.4 Å². The fourth-order valence-electron chi connectivity index (χ4n) is 1.48. The van der Waals surface area contributed by atoms with E-state index in [1.807, 2.05) is 0 Å². The Morgan fingerprint density at radius 3 is 2.35 bits per heavy atom. The summed E-state index contributed by atoms with van der Waals surface area (Å²) in [5, 5.41) is 8.74. The lowest BCUT2D eigenvalue weighted by atomic mass is 10.2. The second-order valence-electron chi connectivity index (χ2n) is 3.85. The molecule has 8 heteroatoms. The molecule has 0 spiro atoms. The molecule has 3 N–H and O–H groups in total. The molecular weight excluding hydrogens is 284 g/mol. The smallest absolute Gasteiger partial charge is 0.335 e. The summed E-state index contributed by atoms with van der Waals surface area (Å²) in [6.45, 7) is 0. The van der Waals surface area contributed by atoms with E-state index in [1.165, 1.54) is 30.5 Å². The van der Waals surface area contributed by atoms with Gasteiger partial charge >= 0.3 is 5.97 Å². The largest absolute Gasteiger partial charge is 0.478 e. The van der Waals surface area contributed by atoms with Gasteiger partial charge in [0.05, 0.1) is 10.5 Å². The number of hydrogen-bond donors (Lipinski definition) is 3. The second kappa shape index (κ2) is 5.17. The molecule has 104 valence electrons. The van der Waals surface area contributed by atoms with Crippen LogP contribution in [0.2, 0.25) is 0 Å². The van der Waals surface area contributed by atoms with E-state index in [-0.39, 0.29) is 16.1 Å². The quantitative estimate of drug-likeness (QED) is 0.773. The summed E-state index contributed by atoms with van der Waals surface area (Å²) in [6, 6.07) is 7.46. The normalized spacial score (nSPS) is 11.0. The van der Waals surface area contributed by atoms with Gasteiger partial charge in [-0.2, -0.15) is 0 Å². The number of carbonyl (C=O) groups is 1. The van der Waals surface area contributed by atoms with E-state index >= 15 is 0 Å². The second-order valence-corrected chi connectivity index (χ2v) is 5.53. The molecule has 20 heavy (non-hydrogen) atoms. The molecule has 1 aromatic heterocycles. The number of H-pyrrole nitrogens is 1. The van der Waals surface area contributed by atoms with Crippen LogP contribution in [-0.2, 0) is 10.0 Å². The Bertz CT molecular complexity index is 793. The Labute approximate surface area is 114 Å². The average Bonchev–Trinajstić information content (AvgIpc) is 2.41. The van der Waals surface area contributed by atoms with Crippen molar-refractivity contribution in [2.45, 2.75) is 4.90 Å². The van der Waals surface area contributed by atoms with Gasteiger partial charge < -0.3 is 10.1 Å². The van der Waals surface area contributed by atoms with E-state index in [2.05, 4.69) is 9.71 Å². The summed E-state index contributed by atoms with van der Waals surface area (Å²) in [7, 11) is -3.94. The molecule has 2 rings (SSSR count). The van der Waals surface area contributed by atoms with Crippen molar-refractivity contribution < 1.29 is 18.3 Å².